The zero-order valence-corrected chi connectivity index (χ0v) is 10.7. The van der Waals surface area contributed by atoms with Gasteiger partial charge in [-0.15, -0.1) is 0 Å². The Labute approximate surface area is 112 Å². The summed E-state index contributed by atoms with van der Waals surface area (Å²) in [4.78, 5) is 21.7. The van der Waals surface area contributed by atoms with E-state index in [1.54, 1.807) is 12.1 Å². The number of rotatable bonds is 8. The molecule has 0 bridgehead atoms. The average molecular weight is 265 g/mol. The molecule has 1 atom stereocenters. The number of aliphatic hydroxyl groups excluding tert-OH is 1. The Morgan fingerprint density at radius 1 is 1.11 bits per heavy atom. The van der Waals surface area contributed by atoms with Gasteiger partial charge in [-0.25, -0.2) is 0 Å². The van der Waals surface area contributed by atoms with E-state index in [2.05, 4.69) is 5.32 Å². The SMILES string of the molecule is O=C(O)CCCCC(=O)NCC(O)c1ccccc1. The Morgan fingerprint density at radius 3 is 2.37 bits per heavy atom. The van der Waals surface area contributed by atoms with Crippen molar-refractivity contribution in [2.24, 2.45) is 0 Å². The van der Waals surface area contributed by atoms with Crippen LogP contribution in [-0.2, 0) is 9.59 Å². The second-order valence-electron chi connectivity index (χ2n) is 4.33. The first-order chi connectivity index (χ1) is 9.09. The lowest BCUT2D eigenvalue weighted by atomic mass is 10.1. The summed E-state index contributed by atoms with van der Waals surface area (Å²) in [7, 11) is 0. The van der Waals surface area contributed by atoms with Crippen LogP contribution in [0, 0.1) is 0 Å². The van der Waals surface area contributed by atoms with Crippen molar-refractivity contribution in [3.8, 4) is 0 Å². The molecule has 0 radical (unpaired) electrons. The van der Waals surface area contributed by atoms with Crippen LogP contribution in [0.3, 0.4) is 0 Å². The second kappa shape index (κ2) is 8.26. The molecule has 1 aromatic carbocycles. The van der Waals surface area contributed by atoms with E-state index in [0.717, 1.165) is 5.56 Å². The number of carboxylic acid groups (broad SMARTS) is 1. The molecule has 0 aliphatic rings. The summed E-state index contributed by atoms with van der Waals surface area (Å²) in [5, 5.41) is 20.9. The third-order valence-corrected chi connectivity index (χ3v) is 2.72. The summed E-state index contributed by atoms with van der Waals surface area (Å²) >= 11 is 0. The van der Waals surface area contributed by atoms with Crippen molar-refractivity contribution < 1.29 is 19.8 Å². The minimum absolute atomic E-state index is 0.0833. The van der Waals surface area contributed by atoms with Crippen LogP contribution in [0.4, 0.5) is 0 Å². The molecule has 1 unspecified atom stereocenters. The van der Waals surface area contributed by atoms with Crippen LogP contribution < -0.4 is 5.32 Å². The number of hydrogen-bond donors (Lipinski definition) is 3. The first kappa shape index (κ1) is 15.2. The lowest BCUT2D eigenvalue weighted by Crippen LogP contribution is -2.28. The fraction of sp³-hybridized carbons (Fsp3) is 0.429. The molecule has 1 aromatic rings. The van der Waals surface area contributed by atoms with E-state index in [4.69, 9.17) is 5.11 Å². The topological polar surface area (TPSA) is 86.6 Å². The number of carbonyl (C=O) groups excluding carboxylic acids is 1. The maximum absolute atomic E-state index is 11.5. The van der Waals surface area contributed by atoms with E-state index in [9.17, 15) is 14.7 Å². The molecular formula is C14H19NO4. The van der Waals surface area contributed by atoms with Crippen molar-refractivity contribution in [3.05, 3.63) is 35.9 Å². The number of hydrogen-bond acceptors (Lipinski definition) is 3. The van der Waals surface area contributed by atoms with Crippen molar-refractivity contribution in [3.63, 3.8) is 0 Å². The summed E-state index contributed by atoms with van der Waals surface area (Å²) in [6, 6.07) is 9.10. The number of aliphatic carboxylic acids is 1. The van der Waals surface area contributed by atoms with Gasteiger partial charge in [0, 0.05) is 19.4 Å². The summed E-state index contributed by atoms with van der Waals surface area (Å²) < 4.78 is 0. The molecule has 104 valence electrons. The third-order valence-electron chi connectivity index (χ3n) is 2.72. The monoisotopic (exact) mass is 265 g/mol. The zero-order valence-electron chi connectivity index (χ0n) is 10.7. The van der Waals surface area contributed by atoms with Gasteiger partial charge in [0.15, 0.2) is 0 Å². The molecule has 0 aliphatic carbocycles. The number of aliphatic hydroxyl groups is 1. The fourth-order valence-corrected chi connectivity index (χ4v) is 1.65. The standard InChI is InChI=1S/C14H19NO4/c16-12(11-6-2-1-3-7-11)10-15-13(17)8-4-5-9-14(18)19/h1-3,6-7,12,16H,4-5,8-10H2,(H,15,17)(H,18,19). The Morgan fingerprint density at radius 2 is 1.74 bits per heavy atom. The van der Waals surface area contributed by atoms with Gasteiger partial charge in [-0.1, -0.05) is 30.3 Å². The van der Waals surface area contributed by atoms with Gasteiger partial charge in [-0.05, 0) is 18.4 Å². The number of amides is 1. The number of benzene rings is 1. The first-order valence-electron chi connectivity index (χ1n) is 6.31. The first-order valence-corrected chi connectivity index (χ1v) is 6.31. The Balaban J connectivity index is 2.18. The van der Waals surface area contributed by atoms with Gasteiger partial charge < -0.3 is 15.5 Å². The van der Waals surface area contributed by atoms with Crippen molar-refractivity contribution in [1.82, 2.24) is 5.32 Å². The Bertz CT molecular complexity index is 405. The van der Waals surface area contributed by atoms with Crippen LogP contribution in [0.1, 0.15) is 37.4 Å². The Hall–Kier alpha value is -1.88. The minimum Gasteiger partial charge on any atom is -0.481 e. The van der Waals surface area contributed by atoms with E-state index < -0.39 is 12.1 Å². The summed E-state index contributed by atoms with van der Waals surface area (Å²) in [6.45, 7) is 0.168. The van der Waals surface area contributed by atoms with E-state index in [-0.39, 0.29) is 25.3 Å². The zero-order chi connectivity index (χ0) is 14.1. The molecule has 3 N–H and O–H groups in total. The van der Waals surface area contributed by atoms with Gasteiger partial charge in [-0.3, -0.25) is 9.59 Å². The van der Waals surface area contributed by atoms with Crippen LogP contribution in [0.5, 0.6) is 0 Å². The van der Waals surface area contributed by atoms with Gasteiger partial charge in [0.05, 0.1) is 6.10 Å². The number of unbranched alkanes of at least 4 members (excludes halogenated alkanes) is 1. The largest absolute Gasteiger partial charge is 0.481 e. The average Bonchev–Trinajstić information content (AvgIpc) is 2.41. The number of carbonyl (C=O) groups is 2. The summed E-state index contributed by atoms with van der Waals surface area (Å²) in [5.41, 5.74) is 0.758. The predicted octanol–water partition coefficient (Wildman–Crippen LogP) is 1.48. The van der Waals surface area contributed by atoms with Crippen LogP contribution in [-0.4, -0.2) is 28.6 Å². The highest BCUT2D eigenvalue weighted by molar-refractivity contribution is 5.76. The van der Waals surface area contributed by atoms with Gasteiger partial charge in [0.1, 0.15) is 0 Å². The highest BCUT2D eigenvalue weighted by Crippen LogP contribution is 2.10. The van der Waals surface area contributed by atoms with Crippen molar-refractivity contribution >= 4 is 11.9 Å². The van der Waals surface area contributed by atoms with Gasteiger partial charge in [-0.2, -0.15) is 0 Å². The maximum atomic E-state index is 11.5. The molecule has 0 saturated carbocycles. The molecule has 0 aliphatic heterocycles. The molecule has 5 nitrogen and oxygen atoms in total. The number of carboxylic acids is 1. The van der Waals surface area contributed by atoms with Crippen LogP contribution in [0.2, 0.25) is 0 Å². The molecule has 5 heteroatoms. The van der Waals surface area contributed by atoms with Crippen molar-refractivity contribution in [2.45, 2.75) is 31.8 Å². The lowest BCUT2D eigenvalue weighted by molar-refractivity contribution is -0.137. The lowest BCUT2D eigenvalue weighted by Gasteiger charge is -2.12. The minimum atomic E-state index is -0.847. The maximum Gasteiger partial charge on any atom is 0.303 e. The van der Waals surface area contributed by atoms with Crippen LogP contribution >= 0.6 is 0 Å². The smallest absolute Gasteiger partial charge is 0.303 e. The molecule has 0 saturated heterocycles. The molecule has 0 heterocycles. The second-order valence-corrected chi connectivity index (χ2v) is 4.33. The highest BCUT2D eigenvalue weighted by atomic mass is 16.4. The summed E-state index contributed by atoms with van der Waals surface area (Å²) in [6.07, 6.45) is 0.683. The molecule has 1 rings (SSSR count). The molecule has 0 spiro atoms. The molecule has 1 amide bonds. The normalized spacial score (nSPS) is 11.8. The fourth-order valence-electron chi connectivity index (χ4n) is 1.65. The van der Waals surface area contributed by atoms with E-state index in [0.29, 0.717) is 12.8 Å². The van der Waals surface area contributed by atoms with Crippen LogP contribution in [0.15, 0.2) is 30.3 Å². The van der Waals surface area contributed by atoms with Gasteiger partial charge in [0.2, 0.25) is 5.91 Å². The molecular weight excluding hydrogens is 246 g/mol. The molecule has 0 fully saturated rings. The third kappa shape index (κ3) is 6.57. The van der Waals surface area contributed by atoms with Crippen molar-refractivity contribution in [1.29, 1.82) is 0 Å². The van der Waals surface area contributed by atoms with E-state index in [1.165, 1.54) is 0 Å². The quantitative estimate of drug-likeness (QED) is 0.621. The highest BCUT2D eigenvalue weighted by Gasteiger charge is 2.09. The molecule has 0 aromatic heterocycles. The molecule has 19 heavy (non-hydrogen) atoms. The predicted molar refractivity (Wildman–Crippen MR) is 70.5 cm³/mol. The summed E-state index contributed by atoms with van der Waals surface area (Å²) in [5.74, 6) is -1.01. The van der Waals surface area contributed by atoms with Crippen LogP contribution in [0.25, 0.3) is 0 Å². The van der Waals surface area contributed by atoms with E-state index >= 15 is 0 Å². The van der Waals surface area contributed by atoms with Gasteiger partial charge in [0.25, 0.3) is 0 Å². The Kier molecular flexibility index (Phi) is 6.60. The number of nitrogens with one attached hydrogen (secondary N) is 1. The van der Waals surface area contributed by atoms with E-state index in [1.807, 2.05) is 18.2 Å². The van der Waals surface area contributed by atoms with Gasteiger partial charge >= 0.3 is 5.97 Å². The van der Waals surface area contributed by atoms with Crippen molar-refractivity contribution in [2.75, 3.05) is 6.54 Å².